The molecule has 0 spiro atoms. The molecule has 1 amide bonds. The van der Waals surface area contributed by atoms with Gasteiger partial charge in [-0.25, -0.2) is 4.79 Å². The largest absolute Gasteiger partial charge is 0.480 e. The van der Waals surface area contributed by atoms with Gasteiger partial charge in [0.25, 0.3) is 5.91 Å². The monoisotopic (exact) mass is 293 g/mol. The maximum atomic E-state index is 12.7. The quantitative estimate of drug-likeness (QED) is 0.905. The number of carboxylic acid groups (broad SMARTS) is 1. The molecule has 6 heteroatoms. The first-order valence-electron chi connectivity index (χ1n) is 7.32. The highest BCUT2D eigenvalue weighted by Gasteiger charge is 2.34. The van der Waals surface area contributed by atoms with Crippen molar-refractivity contribution in [1.82, 2.24) is 14.7 Å². The number of carboxylic acids is 1. The molecule has 0 saturated carbocycles. The summed E-state index contributed by atoms with van der Waals surface area (Å²) < 4.78 is 1.81. The highest BCUT2D eigenvalue weighted by Crippen LogP contribution is 2.23. The summed E-state index contributed by atoms with van der Waals surface area (Å²) in [7, 11) is 0. The summed E-state index contributed by atoms with van der Waals surface area (Å²) in [6, 6.07) is -0.719. The number of likely N-dealkylation sites (tertiary alicyclic amines) is 1. The molecule has 1 N–H and O–H groups in total. The SMILES string of the molecule is Cc1c(C(=O)N2CCCCC2C(=O)O)cnn1C(C)(C)C. The second-order valence-electron chi connectivity index (χ2n) is 6.57. The first kappa shape index (κ1) is 15.5. The fourth-order valence-corrected chi connectivity index (χ4v) is 2.88. The number of aliphatic carboxylic acids is 1. The van der Waals surface area contributed by atoms with Gasteiger partial charge in [-0.05, 0) is 47.0 Å². The maximum Gasteiger partial charge on any atom is 0.326 e. The molecule has 1 aromatic rings. The second kappa shape index (κ2) is 5.50. The molecule has 0 bridgehead atoms. The first-order chi connectivity index (χ1) is 9.73. The highest BCUT2D eigenvalue weighted by molar-refractivity contribution is 5.97. The number of hydrogen-bond acceptors (Lipinski definition) is 3. The van der Waals surface area contributed by atoms with Crippen LogP contribution in [0.3, 0.4) is 0 Å². The number of aromatic nitrogens is 2. The van der Waals surface area contributed by atoms with Gasteiger partial charge in [-0.15, -0.1) is 0 Å². The lowest BCUT2D eigenvalue weighted by atomic mass is 10.0. The molecular weight excluding hydrogens is 270 g/mol. The topological polar surface area (TPSA) is 75.4 Å². The van der Waals surface area contributed by atoms with Crippen LogP contribution in [0.25, 0.3) is 0 Å². The number of carbonyl (C=O) groups excluding carboxylic acids is 1. The summed E-state index contributed by atoms with van der Waals surface area (Å²) in [4.78, 5) is 25.5. The van der Waals surface area contributed by atoms with Crippen LogP contribution in [-0.4, -0.2) is 44.3 Å². The lowest BCUT2D eigenvalue weighted by Gasteiger charge is -2.33. The Kier molecular flexibility index (Phi) is 4.07. The van der Waals surface area contributed by atoms with E-state index in [1.165, 1.54) is 4.90 Å². The summed E-state index contributed by atoms with van der Waals surface area (Å²) in [5.41, 5.74) is 1.07. The van der Waals surface area contributed by atoms with Crippen molar-refractivity contribution < 1.29 is 14.7 Å². The summed E-state index contributed by atoms with van der Waals surface area (Å²) in [5.74, 6) is -1.15. The zero-order chi connectivity index (χ0) is 15.8. The van der Waals surface area contributed by atoms with Crippen molar-refractivity contribution in [1.29, 1.82) is 0 Å². The fraction of sp³-hybridized carbons (Fsp3) is 0.667. The number of rotatable bonds is 2. The summed E-state index contributed by atoms with van der Waals surface area (Å²) in [5, 5.41) is 13.6. The summed E-state index contributed by atoms with van der Waals surface area (Å²) in [6.07, 6.45) is 3.77. The van der Waals surface area contributed by atoms with E-state index in [-0.39, 0.29) is 11.4 Å². The average Bonchev–Trinajstić information content (AvgIpc) is 2.79. The lowest BCUT2D eigenvalue weighted by Crippen LogP contribution is -2.48. The van der Waals surface area contributed by atoms with Crippen LogP contribution in [0.1, 0.15) is 56.1 Å². The van der Waals surface area contributed by atoms with Crippen LogP contribution in [0.5, 0.6) is 0 Å². The van der Waals surface area contributed by atoms with E-state index < -0.39 is 12.0 Å². The number of piperidine rings is 1. The van der Waals surface area contributed by atoms with E-state index in [9.17, 15) is 14.7 Å². The van der Waals surface area contributed by atoms with E-state index in [0.29, 0.717) is 18.5 Å². The van der Waals surface area contributed by atoms with Crippen molar-refractivity contribution in [3.8, 4) is 0 Å². The Morgan fingerprint density at radius 2 is 2.00 bits per heavy atom. The molecule has 0 aromatic carbocycles. The minimum absolute atomic E-state index is 0.212. The van der Waals surface area contributed by atoms with Gasteiger partial charge in [0.15, 0.2) is 0 Å². The average molecular weight is 293 g/mol. The van der Waals surface area contributed by atoms with Gasteiger partial charge in [0.05, 0.1) is 17.3 Å². The third-order valence-corrected chi connectivity index (χ3v) is 3.92. The van der Waals surface area contributed by atoms with Gasteiger partial charge in [-0.2, -0.15) is 5.10 Å². The van der Waals surface area contributed by atoms with Crippen molar-refractivity contribution in [2.45, 2.75) is 58.5 Å². The van der Waals surface area contributed by atoms with Gasteiger partial charge < -0.3 is 10.0 Å². The van der Waals surface area contributed by atoms with Crippen molar-refractivity contribution in [2.75, 3.05) is 6.54 Å². The molecule has 1 aliphatic rings. The van der Waals surface area contributed by atoms with Crippen molar-refractivity contribution in [3.05, 3.63) is 17.5 Å². The predicted molar refractivity (Wildman–Crippen MR) is 78.3 cm³/mol. The fourth-order valence-electron chi connectivity index (χ4n) is 2.88. The molecule has 1 aliphatic heterocycles. The zero-order valence-electron chi connectivity index (χ0n) is 13.1. The summed E-state index contributed by atoms with van der Waals surface area (Å²) in [6.45, 7) is 8.40. The number of amides is 1. The number of nitrogens with zero attached hydrogens (tertiary/aromatic N) is 3. The molecule has 21 heavy (non-hydrogen) atoms. The van der Waals surface area contributed by atoms with Crippen LogP contribution in [0.15, 0.2) is 6.20 Å². The Morgan fingerprint density at radius 3 is 2.52 bits per heavy atom. The van der Waals surface area contributed by atoms with Crippen LogP contribution in [-0.2, 0) is 10.3 Å². The Labute approximate surface area is 124 Å². The minimum atomic E-state index is -0.927. The van der Waals surface area contributed by atoms with Crippen LogP contribution >= 0.6 is 0 Å². The van der Waals surface area contributed by atoms with E-state index in [1.54, 1.807) is 10.9 Å². The molecule has 2 rings (SSSR count). The molecule has 1 aromatic heterocycles. The normalized spacial score (nSPS) is 19.6. The standard InChI is InChI=1S/C15H23N3O3/c1-10-11(9-16-18(10)15(2,3)4)13(19)17-8-6-5-7-12(17)14(20)21/h9,12H,5-8H2,1-4H3,(H,20,21). The van der Waals surface area contributed by atoms with Crippen LogP contribution in [0.2, 0.25) is 0 Å². The van der Waals surface area contributed by atoms with E-state index >= 15 is 0 Å². The zero-order valence-corrected chi connectivity index (χ0v) is 13.1. The lowest BCUT2D eigenvalue weighted by molar-refractivity contribution is -0.143. The maximum absolute atomic E-state index is 12.7. The molecule has 1 saturated heterocycles. The number of hydrogen-bond donors (Lipinski definition) is 1. The molecule has 0 aliphatic carbocycles. The molecule has 0 radical (unpaired) electrons. The van der Waals surface area contributed by atoms with Crippen LogP contribution in [0.4, 0.5) is 0 Å². The molecule has 116 valence electrons. The van der Waals surface area contributed by atoms with Gasteiger partial charge in [-0.1, -0.05) is 0 Å². The first-order valence-corrected chi connectivity index (χ1v) is 7.32. The Balaban J connectivity index is 2.31. The molecule has 2 heterocycles. The van der Waals surface area contributed by atoms with Crippen molar-refractivity contribution in [3.63, 3.8) is 0 Å². The molecule has 1 unspecified atom stereocenters. The van der Waals surface area contributed by atoms with Gasteiger partial charge in [0.1, 0.15) is 6.04 Å². The number of carbonyl (C=O) groups is 2. The van der Waals surface area contributed by atoms with Gasteiger partial charge in [0, 0.05) is 12.2 Å². The van der Waals surface area contributed by atoms with Crippen molar-refractivity contribution >= 4 is 11.9 Å². The molecule has 1 atom stereocenters. The second-order valence-corrected chi connectivity index (χ2v) is 6.57. The van der Waals surface area contributed by atoms with Gasteiger partial charge >= 0.3 is 5.97 Å². The van der Waals surface area contributed by atoms with E-state index in [0.717, 1.165) is 18.5 Å². The van der Waals surface area contributed by atoms with Gasteiger partial charge in [0.2, 0.25) is 0 Å². The third kappa shape index (κ3) is 2.94. The third-order valence-electron chi connectivity index (χ3n) is 3.92. The van der Waals surface area contributed by atoms with Gasteiger partial charge in [-0.3, -0.25) is 9.48 Å². The Hall–Kier alpha value is -1.85. The highest BCUT2D eigenvalue weighted by atomic mass is 16.4. The Morgan fingerprint density at radius 1 is 1.33 bits per heavy atom. The van der Waals surface area contributed by atoms with E-state index in [4.69, 9.17) is 0 Å². The van der Waals surface area contributed by atoms with Crippen molar-refractivity contribution in [2.24, 2.45) is 0 Å². The van der Waals surface area contributed by atoms with E-state index in [2.05, 4.69) is 5.10 Å². The van der Waals surface area contributed by atoms with Crippen LogP contribution in [0, 0.1) is 6.92 Å². The van der Waals surface area contributed by atoms with Crippen LogP contribution < -0.4 is 0 Å². The molecule has 6 nitrogen and oxygen atoms in total. The smallest absolute Gasteiger partial charge is 0.326 e. The molecule has 1 fully saturated rings. The summed E-state index contributed by atoms with van der Waals surface area (Å²) >= 11 is 0. The molecular formula is C15H23N3O3. The minimum Gasteiger partial charge on any atom is -0.480 e. The predicted octanol–water partition coefficient (Wildman–Crippen LogP) is 2.03. The Bertz CT molecular complexity index is 557. The van der Waals surface area contributed by atoms with E-state index in [1.807, 2.05) is 27.7 Å².